The number of thiazole rings is 1. The van der Waals surface area contributed by atoms with Crippen LogP contribution >= 0.6 is 11.3 Å². The molecule has 1 unspecified atom stereocenters. The molecule has 210 valence electrons. The lowest BCUT2D eigenvalue weighted by Gasteiger charge is -2.15. The van der Waals surface area contributed by atoms with Crippen molar-refractivity contribution in [3.8, 4) is 10.8 Å². The number of furan rings is 1. The first-order valence-corrected chi connectivity index (χ1v) is 14.5. The molecule has 0 radical (unpaired) electrons. The number of pyridine rings is 2. The lowest BCUT2D eigenvalue weighted by atomic mass is 10.2. The first kappa shape index (κ1) is 25.9. The SMILES string of the molecule is O=c1c(Nc2cccnc2)cc2cnc(Nc3ccc(NC4CCNC4)cc3)nc2n1Cc1ccoc1-c1nccs1. The second kappa shape index (κ2) is 11.4. The van der Waals surface area contributed by atoms with Crippen molar-refractivity contribution in [1.29, 1.82) is 0 Å². The molecule has 7 rings (SSSR count). The van der Waals surface area contributed by atoms with Crippen LogP contribution in [0, 0.1) is 0 Å². The number of anilines is 5. The Morgan fingerprint density at radius 2 is 1.93 bits per heavy atom. The quantitative estimate of drug-likeness (QED) is 0.181. The minimum absolute atomic E-state index is 0.232. The van der Waals surface area contributed by atoms with Gasteiger partial charge in [0.05, 0.1) is 24.7 Å². The van der Waals surface area contributed by atoms with Crippen molar-refractivity contribution in [3.63, 3.8) is 0 Å². The van der Waals surface area contributed by atoms with Gasteiger partial charge >= 0.3 is 0 Å². The Hall–Kier alpha value is -5.07. The Kier molecular flexibility index (Phi) is 7.04. The van der Waals surface area contributed by atoms with E-state index < -0.39 is 0 Å². The zero-order chi connectivity index (χ0) is 28.3. The number of nitrogens with zero attached hydrogens (tertiary/aromatic N) is 5. The molecular weight excluding hydrogens is 550 g/mol. The standard InChI is InChI=1S/C30H27N9O2S/c40-29-25(36-23-2-1-9-31-16-23)14-20-15-34-30(37-22-5-3-21(4-6-22)35-24-7-10-32-17-24)38-27(20)39(29)18-19-8-12-41-26(19)28-33-11-13-42-28/h1-6,8-9,11-16,24,32,35-36H,7,10,17-18H2,(H,34,37,38). The summed E-state index contributed by atoms with van der Waals surface area (Å²) in [5, 5.41) is 16.7. The fourth-order valence-corrected chi connectivity index (χ4v) is 5.65. The Bertz CT molecular complexity index is 1860. The van der Waals surface area contributed by atoms with Crippen LogP contribution in [-0.2, 0) is 6.54 Å². The van der Waals surface area contributed by atoms with Crippen molar-refractivity contribution in [3.05, 3.63) is 101 Å². The molecule has 1 fully saturated rings. The Morgan fingerprint density at radius 1 is 1.02 bits per heavy atom. The van der Waals surface area contributed by atoms with Gasteiger partial charge in [0, 0.05) is 58.9 Å². The lowest BCUT2D eigenvalue weighted by molar-refractivity contribution is 0.577. The summed E-state index contributed by atoms with van der Waals surface area (Å²) in [5.41, 5.74) is 4.07. The molecule has 0 spiro atoms. The Labute approximate surface area is 244 Å². The molecule has 6 heterocycles. The molecule has 1 aliphatic heterocycles. The molecule has 1 saturated heterocycles. The van der Waals surface area contributed by atoms with Gasteiger partial charge < -0.3 is 25.7 Å². The van der Waals surface area contributed by atoms with E-state index in [0.717, 1.165) is 41.5 Å². The molecule has 0 aliphatic carbocycles. The van der Waals surface area contributed by atoms with Crippen LogP contribution in [0.4, 0.5) is 28.7 Å². The van der Waals surface area contributed by atoms with Gasteiger partial charge in [-0.25, -0.2) is 9.97 Å². The predicted octanol–water partition coefficient (Wildman–Crippen LogP) is 5.21. The van der Waals surface area contributed by atoms with Crippen molar-refractivity contribution in [2.75, 3.05) is 29.0 Å². The maximum atomic E-state index is 13.9. The summed E-state index contributed by atoms with van der Waals surface area (Å²) in [6.07, 6.45) is 9.51. The number of rotatable bonds is 9. The van der Waals surface area contributed by atoms with Gasteiger partial charge in [-0.05, 0) is 61.5 Å². The van der Waals surface area contributed by atoms with Gasteiger partial charge in [0.2, 0.25) is 5.95 Å². The van der Waals surface area contributed by atoms with Gasteiger partial charge in [-0.3, -0.25) is 14.3 Å². The molecule has 12 heteroatoms. The minimum Gasteiger partial charge on any atom is -0.461 e. The van der Waals surface area contributed by atoms with Crippen molar-refractivity contribution >= 4 is 51.1 Å². The van der Waals surface area contributed by atoms with E-state index in [1.165, 1.54) is 11.3 Å². The van der Waals surface area contributed by atoms with Crippen LogP contribution in [-0.4, -0.2) is 43.6 Å². The average molecular weight is 578 g/mol. The van der Waals surface area contributed by atoms with Crippen LogP contribution in [0.25, 0.3) is 21.8 Å². The number of hydrogen-bond acceptors (Lipinski definition) is 11. The summed E-state index contributed by atoms with van der Waals surface area (Å²) in [7, 11) is 0. The zero-order valence-electron chi connectivity index (χ0n) is 22.4. The van der Waals surface area contributed by atoms with Gasteiger partial charge in [-0.15, -0.1) is 11.3 Å². The summed E-state index contributed by atoms with van der Waals surface area (Å²) in [4.78, 5) is 31.8. The summed E-state index contributed by atoms with van der Waals surface area (Å²) < 4.78 is 7.40. The first-order chi connectivity index (χ1) is 20.7. The predicted molar refractivity (Wildman–Crippen MR) is 165 cm³/mol. The van der Waals surface area contributed by atoms with E-state index in [9.17, 15) is 4.79 Å². The second-order valence-electron chi connectivity index (χ2n) is 9.94. The third kappa shape index (κ3) is 5.45. The molecule has 1 aliphatic rings. The molecule has 0 saturated carbocycles. The normalized spacial score (nSPS) is 14.7. The van der Waals surface area contributed by atoms with Gasteiger partial charge in [-0.1, -0.05) is 0 Å². The molecular formula is C30H27N9O2S. The number of hydrogen-bond donors (Lipinski definition) is 4. The van der Waals surface area contributed by atoms with Gasteiger partial charge in [0.25, 0.3) is 5.56 Å². The van der Waals surface area contributed by atoms with E-state index >= 15 is 0 Å². The molecule has 1 aromatic carbocycles. The third-order valence-corrected chi connectivity index (χ3v) is 7.81. The molecule has 5 aromatic heterocycles. The van der Waals surface area contributed by atoms with E-state index in [4.69, 9.17) is 9.40 Å². The topological polar surface area (TPSA) is 135 Å². The monoisotopic (exact) mass is 577 g/mol. The Morgan fingerprint density at radius 3 is 2.71 bits per heavy atom. The van der Waals surface area contributed by atoms with Crippen molar-refractivity contribution < 1.29 is 4.42 Å². The number of fused-ring (bicyclic) bond motifs is 1. The van der Waals surface area contributed by atoms with Gasteiger partial charge in [0.1, 0.15) is 11.3 Å². The van der Waals surface area contributed by atoms with Crippen molar-refractivity contribution in [2.45, 2.75) is 19.0 Å². The largest absolute Gasteiger partial charge is 0.461 e. The van der Waals surface area contributed by atoms with E-state index in [1.807, 2.05) is 47.8 Å². The first-order valence-electron chi connectivity index (χ1n) is 13.6. The van der Waals surface area contributed by atoms with Crippen LogP contribution in [0.1, 0.15) is 12.0 Å². The molecule has 11 nitrogen and oxygen atoms in total. The van der Waals surface area contributed by atoms with Crippen LogP contribution in [0.15, 0.2) is 94.2 Å². The smallest absolute Gasteiger partial charge is 0.276 e. The van der Waals surface area contributed by atoms with Crippen molar-refractivity contribution in [1.82, 2.24) is 29.8 Å². The Balaban J connectivity index is 1.23. The highest BCUT2D eigenvalue weighted by Crippen LogP contribution is 2.28. The molecule has 6 aromatic rings. The highest BCUT2D eigenvalue weighted by molar-refractivity contribution is 7.13. The fraction of sp³-hybridized carbons (Fsp3) is 0.167. The summed E-state index contributed by atoms with van der Waals surface area (Å²) in [5.74, 6) is 1.02. The fourth-order valence-electron chi connectivity index (χ4n) is 4.99. The summed E-state index contributed by atoms with van der Waals surface area (Å²) in [6.45, 7) is 2.24. The van der Waals surface area contributed by atoms with Crippen LogP contribution in [0.2, 0.25) is 0 Å². The highest BCUT2D eigenvalue weighted by Gasteiger charge is 2.18. The average Bonchev–Trinajstić information content (AvgIpc) is 3.81. The number of aromatic nitrogens is 5. The molecule has 0 amide bonds. The maximum Gasteiger partial charge on any atom is 0.276 e. The molecule has 1 atom stereocenters. The van der Waals surface area contributed by atoms with Crippen LogP contribution < -0.4 is 26.8 Å². The van der Waals surface area contributed by atoms with E-state index in [0.29, 0.717) is 40.2 Å². The van der Waals surface area contributed by atoms with Crippen molar-refractivity contribution in [2.24, 2.45) is 0 Å². The van der Waals surface area contributed by atoms with Gasteiger partial charge in [0.15, 0.2) is 10.8 Å². The number of nitrogens with one attached hydrogen (secondary N) is 4. The molecule has 0 bridgehead atoms. The maximum absolute atomic E-state index is 13.9. The van der Waals surface area contributed by atoms with Crippen LogP contribution in [0.3, 0.4) is 0 Å². The van der Waals surface area contributed by atoms with E-state index in [1.54, 1.807) is 41.7 Å². The van der Waals surface area contributed by atoms with E-state index in [2.05, 4.69) is 36.2 Å². The lowest BCUT2D eigenvalue weighted by Crippen LogP contribution is -2.24. The second-order valence-corrected chi connectivity index (χ2v) is 10.8. The summed E-state index contributed by atoms with van der Waals surface area (Å²) in [6, 6.07) is 15.8. The minimum atomic E-state index is -0.237. The molecule has 42 heavy (non-hydrogen) atoms. The molecule has 4 N–H and O–H groups in total. The third-order valence-electron chi connectivity index (χ3n) is 7.04. The summed E-state index contributed by atoms with van der Waals surface area (Å²) >= 11 is 1.48. The highest BCUT2D eigenvalue weighted by atomic mass is 32.1. The zero-order valence-corrected chi connectivity index (χ0v) is 23.3. The van der Waals surface area contributed by atoms with Crippen LogP contribution in [0.5, 0.6) is 0 Å². The number of benzene rings is 1. The van der Waals surface area contributed by atoms with Gasteiger partial charge in [-0.2, -0.15) is 4.98 Å². The van der Waals surface area contributed by atoms with E-state index in [-0.39, 0.29) is 12.1 Å².